The Labute approximate surface area is 89.6 Å². The normalized spacial score (nSPS) is 10.4. The van der Waals surface area contributed by atoms with E-state index >= 15 is 0 Å². The van der Waals surface area contributed by atoms with E-state index in [4.69, 9.17) is 5.11 Å². The summed E-state index contributed by atoms with van der Waals surface area (Å²) >= 11 is 0. The van der Waals surface area contributed by atoms with E-state index in [2.05, 4.69) is 6.58 Å². The molecule has 0 aliphatic heterocycles. The first-order valence-electron chi connectivity index (χ1n) is 4.83. The zero-order valence-corrected chi connectivity index (χ0v) is 8.52. The maximum Gasteiger partial charge on any atom is 0.330 e. The Morgan fingerprint density at radius 2 is 2.00 bits per heavy atom. The second kappa shape index (κ2) is 5.81. The van der Waals surface area contributed by atoms with Crippen molar-refractivity contribution in [1.29, 1.82) is 0 Å². The van der Waals surface area contributed by atoms with Crippen molar-refractivity contribution in [1.82, 2.24) is 0 Å². The third-order valence-corrected chi connectivity index (χ3v) is 2.03. The third-order valence-electron chi connectivity index (χ3n) is 2.03. The van der Waals surface area contributed by atoms with Crippen LogP contribution in [0, 0.1) is 0 Å². The van der Waals surface area contributed by atoms with E-state index in [0.717, 1.165) is 5.56 Å². The number of carboxylic acids is 1. The molecule has 0 heterocycles. The summed E-state index contributed by atoms with van der Waals surface area (Å²) in [5.41, 5.74) is 1.38. The van der Waals surface area contributed by atoms with Crippen LogP contribution in [0.1, 0.15) is 18.4 Å². The van der Waals surface area contributed by atoms with Gasteiger partial charge in [-0.3, -0.25) is 0 Å². The van der Waals surface area contributed by atoms with Crippen LogP contribution in [0.5, 0.6) is 0 Å². The summed E-state index contributed by atoms with van der Waals surface area (Å²) < 4.78 is 0. The first-order valence-corrected chi connectivity index (χ1v) is 4.83. The minimum atomic E-state index is -0.914. The third kappa shape index (κ3) is 4.27. The summed E-state index contributed by atoms with van der Waals surface area (Å²) in [5, 5.41) is 8.57. The predicted octanol–water partition coefficient (Wildman–Crippen LogP) is 3.12. The standard InChI is InChI=1S/C13H14O2/c1-11(13(14)15)7-5-6-10-12-8-3-2-4-9-12/h2-4,6,8-10H,1,5,7H2,(H,14,15). The highest BCUT2D eigenvalue weighted by atomic mass is 16.4. The van der Waals surface area contributed by atoms with Gasteiger partial charge in [0.1, 0.15) is 0 Å². The number of hydrogen-bond acceptors (Lipinski definition) is 1. The average Bonchev–Trinajstić information content (AvgIpc) is 2.25. The fourth-order valence-electron chi connectivity index (χ4n) is 1.15. The maximum absolute atomic E-state index is 10.4. The molecule has 1 aromatic rings. The van der Waals surface area contributed by atoms with Crippen molar-refractivity contribution >= 4 is 12.0 Å². The van der Waals surface area contributed by atoms with Gasteiger partial charge in [0.15, 0.2) is 0 Å². The van der Waals surface area contributed by atoms with Gasteiger partial charge in [0, 0.05) is 5.57 Å². The van der Waals surface area contributed by atoms with E-state index in [9.17, 15) is 4.79 Å². The predicted molar refractivity (Wildman–Crippen MR) is 61.5 cm³/mol. The minimum absolute atomic E-state index is 0.257. The number of carboxylic acid groups (broad SMARTS) is 1. The molecule has 1 N–H and O–H groups in total. The highest BCUT2D eigenvalue weighted by Crippen LogP contribution is 2.06. The molecule has 0 bridgehead atoms. The lowest BCUT2D eigenvalue weighted by Gasteiger charge is -1.95. The Bertz CT molecular complexity index is 363. The molecule has 15 heavy (non-hydrogen) atoms. The first-order chi connectivity index (χ1) is 7.20. The van der Waals surface area contributed by atoms with Crippen LogP contribution in [0.25, 0.3) is 6.08 Å². The number of rotatable bonds is 5. The van der Waals surface area contributed by atoms with Crippen LogP contribution in [0.2, 0.25) is 0 Å². The lowest BCUT2D eigenvalue weighted by atomic mass is 10.1. The molecule has 2 nitrogen and oxygen atoms in total. The number of carbonyl (C=O) groups is 1. The van der Waals surface area contributed by atoms with E-state index in [0.29, 0.717) is 12.8 Å². The van der Waals surface area contributed by atoms with Crippen LogP contribution in [-0.4, -0.2) is 11.1 Å². The van der Waals surface area contributed by atoms with Crippen molar-refractivity contribution in [3.8, 4) is 0 Å². The molecule has 0 aliphatic rings. The Morgan fingerprint density at radius 1 is 1.33 bits per heavy atom. The second-order valence-electron chi connectivity index (χ2n) is 3.26. The molecule has 0 spiro atoms. The molecule has 0 radical (unpaired) electrons. The highest BCUT2D eigenvalue weighted by Gasteiger charge is 2.00. The number of aliphatic carboxylic acids is 1. The molecule has 0 aliphatic carbocycles. The van der Waals surface area contributed by atoms with Gasteiger partial charge in [-0.25, -0.2) is 4.79 Å². The Kier molecular flexibility index (Phi) is 4.35. The summed E-state index contributed by atoms with van der Waals surface area (Å²) in [7, 11) is 0. The van der Waals surface area contributed by atoms with Crippen molar-refractivity contribution in [2.75, 3.05) is 0 Å². The number of benzene rings is 1. The van der Waals surface area contributed by atoms with Crippen LogP contribution in [0.3, 0.4) is 0 Å². The Morgan fingerprint density at radius 3 is 2.60 bits per heavy atom. The quantitative estimate of drug-likeness (QED) is 0.745. The minimum Gasteiger partial charge on any atom is -0.478 e. The van der Waals surface area contributed by atoms with Gasteiger partial charge in [-0.1, -0.05) is 49.1 Å². The van der Waals surface area contributed by atoms with Crippen LogP contribution in [0.15, 0.2) is 48.6 Å². The molecule has 0 amide bonds. The topological polar surface area (TPSA) is 37.3 Å². The van der Waals surface area contributed by atoms with Crippen LogP contribution in [0.4, 0.5) is 0 Å². The van der Waals surface area contributed by atoms with E-state index in [-0.39, 0.29) is 5.57 Å². The highest BCUT2D eigenvalue weighted by molar-refractivity contribution is 5.85. The van der Waals surface area contributed by atoms with Gasteiger partial charge < -0.3 is 5.11 Å². The average molecular weight is 202 g/mol. The van der Waals surface area contributed by atoms with Gasteiger partial charge in [-0.05, 0) is 18.4 Å². The van der Waals surface area contributed by atoms with Gasteiger partial charge in [-0.15, -0.1) is 0 Å². The molecule has 0 atom stereocenters. The maximum atomic E-state index is 10.4. The molecule has 0 aromatic heterocycles. The number of allylic oxidation sites excluding steroid dienone is 1. The monoisotopic (exact) mass is 202 g/mol. The Balaban J connectivity index is 2.35. The van der Waals surface area contributed by atoms with Crippen molar-refractivity contribution in [3.05, 3.63) is 54.1 Å². The molecule has 0 unspecified atom stereocenters. The van der Waals surface area contributed by atoms with E-state index < -0.39 is 5.97 Å². The van der Waals surface area contributed by atoms with E-state index in [1.165, 1.54) is 0 Å². The lowest BCUT2D eigenvalue weighted by molar-refractivity contribution is -0.132. The van der Waals surface area contributed by atoms with E-state index in [1.54, 1.807) is 0 Å². The molecule has 1 rings (SSSR count). The Hall–Kier alpha value is -1.83. The van der Waals surface area contributed by atoms with Crippen molar-refractivity contribution in [2.45, 2.75) is 12.8 Å². The fraction of sp³-hybridized carbons (Fsp3) is 0.154. The van der Waals surface area contributed by atoms with Gasteiger partial charge >= 0.3 is 5.97 Å². The van der Waals surface area contributed by atoms with E-state index in [1.807, 2.05) is 42.5 Å². The van der Waals surface area contributed by atoms with Crippen molar-refractivity contribution in [3.63, 3.8) is 0 Å². The van der Waals surface area contributed by atoms with Gasteiger partial charge in [0.2, 0.25) is 0 Å². The fourth-order valence-corrected chi connectivity index (χ4v) is 1.15. The van der Waals surface area contributed by atoms with Crippen LogP contribution < -0.4 is 0 Å². The zero-order chi connectivity index (χ0) is 11.1. The van der Waals surface area contributed by atoms with Crippen LogP contribution in [-0.2, 0) is 4.79 Å². The van der Waals surface area contributed by atoms with Gasteiger partial charge in [0.25, 0.3) is 0 Å². The molecule has 78 valence electrons. The smallest absolute Gasteiger partial charge is 0.330 e. The molecular weight excluding hydrogens is 188 g/mol. The molecule has 2 heteroatoms. The molecule has 1 aromatic carbocycles. The zero-order valence-electron chi connectivity index (χ0n) is 8.52. The first kappa shape index (κ1) is 11.2. The second-order valence-corrected chi connectivity index (χ2v) is 3.26. The summed E-state index contributed by atoms with van der Waals surface area (Å²) in [6.07, 6.45) is 5.15. The molecular formula is C13H14O2. The SMILES string of the molecule is C=C(CCC=Cc1ccccc1)C(=O)O. The summed E-state index contributed by atoms with van der Waals surface area (Å²) in [6.45, 7) is 3.47. The largest absolute Gasteiger partial charge is 0.478 e. The lowest BCUT2D eigenvalue weighted by Crippen LogP contribution is -1.97. The molecule has 0 fully saturated rings. The van der Waals surface area contributed by atoms with Gasteiger partial charge in [-0.2, -0.15) is 0 Å². The molecule has 0 saturated carbocycles. The van der Waals surface area contributed by atoms with Gasteiger partial charge in [0.05, 0.1) is 0 Å². The number of hydrogen-bond donors (Lipinski definition) is 1. The molecule has 0 saturated heterocycles. The van der Waals surface area contributed by atoms with Crippen molar-refractivity contribution < 1.29 is 9.90 Å². The summed E-state index contributed by atoms with van der Waals surface area (Å²) in [5.74, 6) is -0.914. The van der Waals surface area contributed by atoms with Crippen molar-refractivity contribution in [2.24, 2.45) is 0 Å². The summed E-state index contributed by atoms with van der Waals surface area (Å²) in [4.78, 5) is 10.4. The van der Waals surface area contributed by atoms with Crippen LogP contribution >= 0.6 is 0 Å². The summed E-state index contributed by atoms with van der Waals surface area (Å²) in [6, 6.07) is 9.90.